The van der Waals surface area contributed by atoms with Crippen LogP contribution in [0.5, 0.6) is 0 Å². The van der Waals surface area contributed by atoms with Gasteiger partial charge in [-0.05, 0) is 38.5 Å². The number of carboxylic acid groups (broad SMARTS) is 1. The Morgan fingerprint density at radius 3 is 2.60 bits per heavy atom. The number of carbonyl (C=O) groups is 1. The molecule has 0 spiro atoms. The van der Waals surface area contributed by atoms with Crippen LogP contribution in [0.4, 0.5) is 5.13 Å². The van der Waals surface area contributed by atoms with Crippen LogP contribution in [-0.2, 0) is 11.2 Å². The van der Waals surface area contributed by atoms with E-state index in [0.717, 1.165) is 28.5 Å². The number of aromatic nitrogens is 1. The molecule has 1 aliphatic rings. The number of fused-ring (bicyclic) bond motifs is 1. The van der Waals surface area contributed by atoms with E-state index in [0.29, 0.717) is 6.42 Å². The van der Waals surface area contributed by atoms with Crippen LogP contribution in [0.1, 0.15) is 63.9 Å². The van der Waals surface area contributed by atoms with Crippen molar-refractivity contribution in [3.63, 3.8) is 0 Å². The van der Waals surface area contributed by atoms with Crippen molar-refractivity contribution in [2.45, 2.75) is 65.3 Å². The first-order valence-corrected chi connectivity index (χ1v) is 7.90. The molecular weight excluding hydrogens is 272 g/mol. The van der Waals surface area contributed by atoms with E-state index in [1.54, 1.807) is 11.3 Å². The average molecular weight is 296 g/mol. The molecule has 2 N–H and O–H groups in total. The van der Waals surface area contributed by atoms with Gasteiger partial charge in [0.1, 0.15) is 5.92 Å². The van der Waals surface area contributed by atoms with Crippen LogP contribution in [-0.4, -0.2) is 21.6 Å². The normalized spacial score (nSPS) is 18.9. The minimum absolute atomic E-state index is 0.0530. The summed E-state index contributed by atoms with van der Waals surface area (Å²) in [7, 11) is 0. The van der Waals surface area contributed by atoms with Crippen LogP contribution in [0.15, 0.2) is 0 Å². The van der Waals surface area contributed by atoms with E-state index in [2.05, 4.69) is 44.9 Å². The second-order valence-electron chi connectivity index (χ2n) is 7.50. The Bertz CT molecular complexity index is 514. The van der Waals surface area contributed by atoms with E-state index in [1.165, 1.54) is 0 Å². The number of hydrogen-bond acceptors (Lipinski definition) is 4. The minimum Gasteiger partial charge on any atom is -0.481 e. The van der Waals surface area contributed by atoms with Gasteiger partial charge in [-0.15, -0.1) is 11.3 Å². The van der Waals surface area contributed by atoms with Crippen molar-refractivity contribution in [2.75, 3.05) is 5.32 Å². The summed E-state index contributed by atoms with van der Waals surface area (Å²) in [6.07, 6.45) is 2.55. The van der Waals surface area contributed by atoms with Gasteiger partial charge in [-0.3, -0.25) is 4.79 Å². The van der Waals surface area contributed by atoms with Crippen LogP contribution in [0, 0.1) is 5.41 Å². The van der Waals surface area contributed by atoms with Gasteiger partial charge >= 0.3 is 5.97 Å². The fourth-order valence-corrected chi connectivity index (χ4v) is 4.40. The van der Waals surface area contributed by atoms with E-state index >= 15 is 0 Å². The molecule has 0 bridgehead atoms. The molecule has 4 nitrogen and oxygen atoms in total. The zero-order valence-electron chi connectivity index (χ0n) is 12.9. The second-order valence-corrected chi connectivity index (χ2v) is 8.59. The predicted octanol–water partition coefficient (Wildman–Crippen LogP) is 3.88. The number of carboxylic acids is 1. The van der Waals surface area contributed by atoms with Gasteiger partial charge < -0.3 is 10.4 Å². The highest BCUT2D eigenvalue weighted by Crippen LogP contribution is 2.40. The molecule has 0 aromatic carbocycles. The predicted molar refractivity (Wildman–Crippen MR) is 82.6 cm³/mol. The molecule has 1 aromatic rings. The molecular formula is C15H24N2O2S. The van der Waals surface area contributed by atoms with Crippen LogP contribution < -0.4 is 5.32 Å². The van der Waals surface area contributed by atoms with Gasteiger partial charge in [0.15, 0.2) is 5.13 Å². The molecule has 20 heavy (non-hydrogen) atoms. The molecule has 0 radical (unpaired) electrons. The lowest BCUT2D eigenvalue weighted by Crippen LogP contribution is -2.35. The molecule has 112 valence electrons. The molecule has 1 aliphatic carbocycles. The first-order valence-electron chi connectivity index (χ1n) is 7.08. The number of aliphatic carboxylic acids is 1. The molecule has 1 aromatic heterocycles. The summed E-state index contributed by atoms with van der Waals surface area (Å²) < 4.78 is 0. The fourth-order valence-electron chi connectivity index (χ4n) is 3.18. The molecule has 1 heterocycles. The summed E-state index contributed by atoms with van der Waals surface area (Å²) in [5, 5.41) is 13.5. The van der Waals surface area contributed by atoms with Crippen molar-refractivity contribution in [1.29, 1.82) is 0 Å². The lowest BCUT2D eigenvalue weighted by molar-refractivity contribution is -0.138. The summed E-state index contributed by atoms with van der Waals surface area (Å²) in [5.41, 5.74) is 0.958. The van der Waals surface area contributed by atoms with Crippen molar-refractivity contribution in [3.05, 3.63) is 10.6 Å². The molecule has 5 heteroatoms. The number of anilines is 1. The number of nitrogens with one attached hydrogen (secondary N) is 1. The van der Waals surface area contributed by atoms with E-state index in [-0.39, 0.29) is 11.0 Å². The molecule has 2 rings (SSSR count). The third-order valence-corrected chi connectivity index (χ3v) is 4.48. The Morgan fingerprint density at radius 1 is 1.40 bits per heavy atom. The summed E-state index contributed by atoms with van der Waals surface area (Å²) in [6, 6.07) is 0. The molecule has 0 aliphatic heterocycles. The molecule has 0 saturated heterocycles. The second kappa shape index (κ2) is 5.02. The van der Waals surface area contributed by atoms with E-state index in [4.69, 9.17) is 0 Å². The summed E-state index contributed by atoms with van der Waals surface area (Å²) in [6.45, 7) is 11.0. The Labute approximate surface area is 124 Å². The van der Waals surface area contributed by atoms with Crippen LogP contribution in [0.2, 0.25) is 0 Å². The zero-order valence-corrected chi connectivity index (χ0v) is 13.7. The highest BCUT2D eigenvalue weighted by molar-refractivity contribution is 7.15. The monoisotopic (exact) mass is 296 g/mol. The molecule has 1 unspecified atom stereocenters. The molecule has 0 amide bonds. The van der Waals surface area contributed by atoms with Crippen LogP contribution >= 0.6 is 11.3 Å². The van der Waals surface area contributed by atoms with Crippen molar-refractivity contribution < 1.29 is 9.90 Å². The maximum absolute atomic E-state index is 11.2. The Balaban J connectivity index is 2.13. The highest BCUT2D eigenvalue weighted by Gasteiger charge is 2.33. The maximum atomic E-state index is 11.2. The Kier molecular flexibility index (Phi) is 3.84. The smallest absolute Gasteiger partial charge is 0.312 e. The quantitative estimate of drug-likeness (QED) is 0.885. The van der Waals surface area contributed by atoms with Gasteiger partial charge in [-0.25, -0.2) is 4.98 Å². The molecule has 0 saturated carbocycles. The third kappa shape index (κ3) is 3.51. The largest absolute Gasteiger partial charge is 0.481 e. The van der Waals surface area contributed by atoms with Gasteiger partial charge in [-0.2, -0.15) is 0 Å². The lowest BCUT2D eigenvalue weighted by Gasteiger charge is -2.33. The van der Waals surface area contributed by atoms with Crippen molar-refractivity contribution in [3.8, 4) is 0 Å². The Morgan fingerprint density at radius 2 is 2.05 bits per heavy atom. The number of aryl methyl sites for hydroxylation is 1. The van der Waals surface area contributed by atoms with Gasteiger partial charge in [-0.1, -0.05) is 20.8 Å². The van der Waals surface area contributed by atoms with Gasteiger partial charge in [0.05, 0.1) is 5.69 Å². The third-order valence-electron chi connectivity index (χ3n) is 3.43. The number of nitrogens with zero attached hydrogens (tertiary/aromatic N) is 1. The first kappa shape index (κ1) is 15.3. The maximum Gasteiger partial charge on any atom is 0.312 e. The summed E-state index contributed by atoms with van der Waals surface area (Å²) in [5.74, 6) is -1.17. The molecule has 1 atom stereocenters. The van der Waals surface area contributed by atoms with Crippen LogP contribution in [0.3, 0.4) is 0 Å². The van der Waals surface area contributed by atoms with Gasteiger partial charge in [0.25, 0.3) is 0 Å². The van der Waals surface area contributed by atoms with Gasteiger partial charge in [0, 0.05) is 10.4 Å². The van der Waals surface area contributed by atoms with Crippen LogP contribution in [0.25, 0.3) is 0 Å². The summed E-state index contributed by atoms with van der Waals surface area (Å²) >= 11 is 1.61. The molecule has 0 fully saturated rings. The van der Waals surface area contributed by atoms with E-state index < -0.39 is 11.9 Å². The topological polar surface area (TPSA) is 62.2 Å². The zero-order chi connectivity index (χ0) is 15.1. The lowest BCUT2D eigenvalue weighted by atomic mass is 9.82. The van der Waals surface area contributed by atoms with Crippen molar-refractivity contribution >= 4 is 22.4 Å². The van der Waals surface area contributed by atoms with Gasteiger partial charge in [0.2, 0.25) is 0 Å². The van der Waals surface area contributed by atoms with E-state index in [9.17, 15) is 9.90 Å². The van der Waals surface area contributed by atoms with Crippen molar-refractivity contribution in [1.82, 2.24) is 4.98 Å². The average Bonchev–Trinajstić information content (AvgIpc) is 2.70. The standard InChI is InChI=1S/C15H24N2O2S/c1-14(2,3)8-15(4,5)17-13-16-11-9(12(18)19)6-7-10(11)20-13/h9H,6-8H2,1-5H3,(H,16,17)(H,18,19). The van der Waals surface area contributed by atoms with Crippen molar-refractivity contribution in [2.24, 2.45) is 5.41 Å². The Hall–Kier alpha value is -1.10. The SMILES string of the molecule is CC(C)(C)CC(C)(C)Nc1nc2c(s1)CCC2C(=O)O. The fraction of sp³-hybridized carbons (Fsp3) is 0.733. The first-order chi connectivity index (χ1) is 9.07. The number of hydrogen-bond donors (Lipinski definition) is 2. The summed E-state index contributed by atoms with van der Waals surface area (Å²) in [4.78, 5) is 16.9. The number of thiazole rings is 1. The minimum atomic E-state index is -0.755. The number of rotatable bonds is 4. The highest BCUT2D eigenvalue weighted by atomic mass is 32.1. The van der Waals surface area contributed by atoms with E-state index in [1.807, 2.05) is 0 Å².